The van der Waals surface area contributed by atoms with Crippen molar-refractivity contribution in [2.45, 2.75) is 396 Å². The van der Waals surface area contributed by atoms with E-state index < -0.39 is 22.4 Å². The zero-order valence-electron chi connectivity index (χ0n) is 88.7. The third-order valence-corrected chi connectivity index (χ3v) is 34.4. The Morgan fingerprint density at radius 3 is 0.545 bits per heavy atom. The van der Waals surface area contributed by atoms with Gasteiger partial charge in [-0.1, -0.05) is 270 Å². The van der Waals surface area contributed by atoms with Crippen molar-refractivity contribution in [1.29, 1.82) is 0 Å². The first kappa shape index (κ1) is 116. The number of aliphatic hydroxyl groups is 4. The molecule has 8 rings (SSSR count). The molecule has 4 heterocycles. The maximum atomic E-state index is 12.7. The Bertz CT molecular complexity index is 4320. The van der Waals surface area contributed by atoms with E-state index in [0.717, 1.165) is 142 Å². The van der Waals surface area contributed by atoms with Crippen LogP contribution >= 0.6 is 45.3 Å². The summed E-state index contributed by atoms with van der Waals surface area (Å²) in [5.41, 5.74) is 4.36. The van der Waals surface area contributed by atoms with Crippen molar-refractivity contribution in [3.63, 3.8) is 0 Å². The van der Waals surface area contributed by atoms with Crippen LogP contribution in [-0.4, -0.2) is 92.4 Å². The maximum absolute atomic E-state index is 12.7. The fraction of sp³-hybridized carbons (Fsp3) is 0.621. The van der Waals surface area contributed by atoms with Gasteiger partial charge in [0.05, 0.1) is 19.5 Å². The number of ether oxygens (including phenoxy) is 4. The lowest BCUT2D eigenvalue weighted by atomic mass is 9.74. The van der Waals surface area contributed by atoms with E-state index in [2.05, 4.69) is 236 Å². The number of thiophene rings is 4. The number of carbonyl (C=O) groups excluding carboxylic acids is 4. The predicted molar refractivity (Wildman–Crippen MR) is 563 cm³/mol. The second kappa shape index (κ2) is 48.6. The van der Waals surface area contributed by atoms with Crippen molar-refractivity contribution in [3.05, 3.63) is 205 Å². The molecule has 4 atom stereocenters. The number of ketones is 4. The molecule has 4 aromatic heterocycles. The van der Waals surface area contributed by atoms with Gasteiger partial charge < -0.3 is 39.4 Å². The van der Waals surface area contributed by atoms with Gasteiger partial charge in [-0.25, -0.2) is 0 Å². The van der Waals surface area contributed by atoms with E-state index >= 15 is 0 Å². The molecule has 12 nitrogen and oxygen atoms in total. The summed E-state index contributed by atoms with van der Waals surface area (Å²) < 4.78 is 24.6. The Labute approximate surface area is 816 Å². The molecule has 0 amide bonds. The van der Waals surface area contributed by atoms with Gasteiger partial charge in [-0.3, -0.25) is 19.2 Å². The van der Waals surface area contributed by atoms with Gasteiger partial charge in [0, 0.05) is 66.9 Å². The zero-order chi connectivity index (χ0) is 100. The second-order valence-corrected chi connectivity index (χ2v) is 48.2. The van der Waals surface area contributed by atoms with Crippen LogP contribution in [0.15, 0.2) is 121 Å². The number of aryl methyl sites for hydroxylation is 4. The van der Waals surface area contributed by atoms with Crippen LogP contribution in [0.4, 0.5) is 0 Å². The summed E-state index contributed by atoms with van der Waals surface area (Å²) in [4.78, 5) is 59.1. The fourth-order valence-corrected chi connectivity index (χ4v) is 21.6. The lowest BCUT2D eigenvalue weighted by molar-refractivity contribution is -0.0726. The Morgan fingerprint density at radius 1 is 0.258 bits per heavy atom. The topological polar surface area (TPSA) is 186 Å². The SMILES string of the molecule is CCc1cc(C(CC)(CC)c2ccc(C(=O)CC(C)C)s2)ccc1OCC(C)(O)C(C)(C)C.CCc1cc(C(CC)(CC)c2ccc(C(=O)CC(C)C)s2)ccc1OCC(C)(O)C(C)(C)C.CCc1cc(C(CC)(CC)c2ccc(C(=O)CC(C)C)s2)ccc1OCC(C)(O)C(C)(C)C.CCc1cc(C(CC)(CC)c2ccc(C(=O)CC(C)C)s2)ccc1OCC(C)(O)C(C)(C)C. The first-order valence-electron chi connectivity index (χ1n) is 49.7. The normalized spacial score (nSPS) is 14.4. The molecule has 0 saturated heterocycles. The van der Waals surface area contributed by atoms with E-state index in [-0.39, 0.29) is 92.9 Å². The molecule has 4 N–H and O–H groups in total. The Morgan fingerprint density at radius 2 is 0.417 bits per heavy atom. The van der Waals surface area contributed by atoms with Crippen LogP contribution in [0.2, 0.25) is 0 Å². The molecule has 0 aliphatic rings. The van der Waals surface area contributed by atoms with Crippen molar-refractivity contribution in [1.82, 2.24) is 0 Å². The minimum Gasteiger partial charge on any atom is -0.490 e. The van der Waals surface area contributed by atoms with E-state index in [9.17, 15) is 39.6 Å². The van der Waals surface area contributed by atoms with Crippen molar-refractivity contribution in [2.75, 3.05) is 26.4 Å². The molecular weight excluding hydrogens is 1710 g/mol. The molecule has 0 fully saturated rings. The van der Waals surface area contributed by atoms with Crippen LogP contribution < -0.4 is 18.9 Å². The molecular formula is C116H176O12S4. The van der Waals surface area contributed by atoms with Crippen LogP contribution in [0.1, 0.15) is 429 Å². The minimum atomic E-state index is -0.927. The number of Topliss-reactive ketones (excluding diaryl/α,β-unsaturated/α-hetero) is 4. The van der Waals surface area contributed by atoms with E-state index in [1.165, 1.54) is 41.8 Å². The van der Waals surface area contributed by atoms with E-state index in [4.69, 9.17) is 18.9 Å². The van der Waals surface area contributed by atoms with Gasteiger partial charge in [0.1, 0.15) is 71.8 Å². The summed E-state index contributed by atoms with van der Waals surface area (Å²) in [5.74, 6) is 5.78. The molecule has 0 bridgehead atoms. The van der Waals surface area contributed by atoms with Crippen LogP contribution in [0.25, 0.3) is 0 Å². The molecule has 0 saturated carbocycles. The molecule has 8 aromatic rings. The highest BCUT2D eigenvalue weighted by Crippen LogP contribution is 2.50. The summed E-state index contributed by atoms with van der Waals surface area (Å²) in [6, 6.07) is 42.7. The fourth-order valence-electron chi connectivity index (χ4n) is 16.4. The van der Waals surface area contributed by atoms with E-state index in [1.807, 2.05) is 135 Å². The van der Waals surface area contributed by atoms with Crippen LogP contribution in [0.3, 0.4) is 0 Å². The highest BCUT2D eigenvalue weighted by Gasteiger charge is 2.43. The van der Waals surface area contributed by atoms with Crippen molar-refractivity contribution in [3.8, 4) is 23.0 Å². The van der Waals surface area contributed by atoms with Crippen molar-refractivity contribution < 1.29 is 58.6 Å². The van der Waals surface area contributed by atoms with E-state index in [0.29, 0.717) is 49.4 Å². The zero-order valence-corrected chi connectivity index (χ0v) is 92.0. The number of carbonyl (C=O) groups is 4. The number of hydrogen-bond acceptors (Lipinski definition) is 16. The smallest absolute Gasteiger partial charge is 0.173 e. The summed E-state index contributed by atoms with van der Waals surface area (Å²) in [5, 5.41) is 43.3. The Balaban J connectivity index is 0.000000311. The van der Waals surface area contributed by atoms with Gasteiger partial charge >= 0.3 is 0 Å². The summed E-state index contributed by atoms with van der Waals surface area (Å²) in [6.45, 7) is 75.8. The lowest BCUT2D eigenvalue weighted by Gasteiger charge is -2.37. The molecule has 0 spiro atoms. The average molecular weight is 1890 g/mol. The van der Waals surface area contributed by atoms with Gasteiger partial charge in [-0.15, -0.1) is 45.3 Å². The maximum Gasteiger partial charge on any atom is 0.173 e. The molecule has 0 radical (unpaired) electrons. The van der Waals surface area contributed by atoms with E-state index in [1.54, 1.807) is 45.3 Å². The van der Waals surface area contributed by atoms with Gasteiger partial charge in [-0.2, -0.15) is 0 Å². The quantitative estimate of drug-likeness (QED) is 0.0265. The second-order valence-electron chi connectivity index (χ2n) is 43.9. The minimum absolute atomic E-state index is 0.125. The molecule has 4 aromatic carbocycles. The van der Waals surface area contributed by atoms with Gasteiger partial charge in [-0.05, 0) is 267 Å². The monoisotopic (exact) mass is 1890 g/mol. The van der Waals surface area contributed by atoms with Gasteiger partial charge in [0.2, 0.25) is 0 Å². The highest BCUT2D eigenvalue weighted by molar-refractivity contribution is 7.15. The standard InChI is InChI=1S/4C29H44O3S/c4*1-10-21-18-22(13-14-24(21)32-19-28(9,31)27(6,7)8)29(11-2,12-3)26-16-15-25(33-26)23(30)17-20(4)5/h4*13-16,18,20,31H,10-12,17,19H2,1-9H3. The number of rotatable bonds is 44. The Hall–Kier alpha value is -6.60. The lowest BCUT2D eigenvalue weighted by Crippen LogP contribution is -2.45. The predicted octanol–water partition coefficient (Wildman–Crippen LogP) is 31.3. The third-order valence-electron chi connectivity index (χ3n) is 29.1. The number of hydrogen-bond donors (Lipinski definition) is 4. The van der Waals surface area contributed by atoms with Crippen molar-refractivity contribution >= 4 is 68.5 Å². The molecule has 16 heteroatoms. The molecule has 4 unspecified atom stereocenters. The molecule has 0 aliphatic heterocycles. The molecule has 0 aliphatic carbocycles. The molecule has 132 heavy (non-hydrogen) atoms. The Kier molecular flexibility index (Phi) is 42.7. The number of benzene rings is 4. The largest absolute Gasteiger partial charge is 0.490 e. The summed E-state index contributed by atoms with van der Waals surface area (Å²) in [6.07, 6.45) is 13.5. The first-order valence-corrected chi connectivity index (χ1v) is 53.0. The summed E-state index contributed by atoms with van der Waals surface area (Å²) in [7, 11) is 0. The first-order chi connectivity index (χ1) is 61.2. The van der Waals surface area contributed by atoms with Crippen LogP contribution in [-0.2, 0) is 47.3 Å². The van der Waals surface area contributed by atoms with Crippen molar-refractivity contribution in [2.24, 2.45) is 45.3 Å². The van der Waals surface area contributed by atoms with Crippen LogP contribution in [0.5, 0.6) is 23.0 Å². The van der Waals surface area contributed by atoms with Crippen LogP contribution in [0, 0.1) is 45.3 Å². The van der Waals surface area contributed by atoms with Gasteiger partial charge in [0.15, 0.2) is 23.1 Å². The highest BCUT2D eigenvalue weighted by atomic mass is 32.1. The molecule has 736 valence electrons. The third kappa shape index (κ3) is 28.8. The van der Waals surface area contributed by atoms with Gasteiger partial charge in [0.25, 0.3) is 0 Å². The summed E-state index contributed by atoms with van der Waals surface area (Å²) >= 11 is 6.62. The average Bonchev–Trinajstić information content (AvgIpc) is 1.48.